The molecule has 0 aliphatic heterocycles. The molecule has 0 bridgehead atoms. The number of ether oxygens (including phenoxy) is 1. The van der Waals surface area contributed by atoms with Crippen molar-refractivity contribution in [1.29, 1.82) is 0 Å². The highest BCUT2D eigenvalue weighted by molar-refractivity contribution is 9.09. The van der Waals surface area contributed by atoms with Crippen molar-refractivity contribution in [3.63, 3.8) is 0 Å². The standard InChI is InChI=1S/C11H14BrNO/c1-9-10(3-2-6-13-9)14-8-11(7-12)4-5-11/h2-3,6H,4-5,7-8H2,1H3. The average molecular weight is 256 g/mol. The maximum atomic E-state index is 5.76. The van der Waals surface area contributed by atoms with Crippen LogP contribution in [-0.4, -0.2) is 16.9 Å². The molecule has 0 saturated heterocycles. The molecular weight excluding hydrogens is 242 g/mol. The first-order valence-corrected chi connectivity index (χ1v) is 5.98. The van der Waals surface area contributed by atoms with Crippen molar-refractivity contribution in [2.75, 3.05) is 11.9 Å². The molecule has 2 nitrogen and oxygen atoms in total. The molecule has 1 aromatic rings. The molecule has 1 saturated carbocycles. The monoisotopic (exact) mass is 255 g/mol. The summed E-state index contributed by atoms with van der Waals surface area (Å²) in [6, 6.07) is 3.89. The molecule has 0 amide bonds. The molecule has 1 aliphatic carbocycles. The molecule has 0 radical (unpaired) electrons. The number of nitrogens with zero attached hydrogens (tertiary/aromatic N) is 1. The Morgan fingerprint density at radius 1 is 1.57 bits per heavy atom. The summed E-state index contributed by atoms with van der Waals surface area (Å²) >= 11 is 3.53. The third-order valence-corrected chi connectivity index (χ3v) is 3.92. The molecule has 0 N–H and O–H groups in total. The van der Waals surface area contributed by atoms with Crippen molar-refractivity contribution in [2.24, 2.45) is 5.41 Å². The molecule has 2 rings (SSSR count). The Morgan fingerprint density at radius 2 is 2.36 bits per heavy atom. The van der Waals surface area contributed by atoms with Gasteiger partial charge in [0.25, 0.3) is 0 Å². The molecule has 1 fully saturated rings. The Balaban J connectivity index is 1.95. The van der Waals surface area contributed by atoms with Crippen LogP contribution < -0.4 is 4.74 Å². The Hall–Kier alpha value is -0.570. The number of rotatable bonds is 4. The van der Waals surface area contributed by atoms with Gasteiger partial charge in [-0.15, -0.1) is 0 Å². The van der Waals surface area contributed by atoms with Gasteiger partial charge in [-0.2, -0.15) is 0 Å². The molecule has 76 valence electrons. The zero-order valence-corrected chi connectivity index (χ0v) is 9.88. The van der Waals surface area contributed by atoms with Crippen LogP contribution in [0.4, 0.5) is 0 Å². The van der Waals surface area contributed by atoms with Gasteiger partial charge >= 0.3 is 0 Å². The first-order valence-electron chi connectivity index (χ1n) is 4.86. The third kappa shape index (κ3) is 2.08. The normalized spacial score (nSPS) is 17.9. The molecular formula is C11H14BrNO. The highest BCUT2D eigenvalue weighted by Gasteiger charge is 2.42. The Bertz CT molecular complexity index is 323. The molecule has 1 heterocycles. The molecule has 0 atom stereocenters. The summed E-state index contributed by atoms with van der Waals surface area (Å²) < 4.78 is 5.76. The molecule has 3 heteroatoms. The predicted molar refractivity (Wildman–Crippen MR) is 59.9 cm³/mol. The van der Waals surface area contributed by atoms with E-state index in [1.165, 1.54) is 12.8 Å². The summed E-state index contributed by atoms with van der Waals surface area (Å²) in [5.41, 5.74) is 1.38. The maximum absolute atomic E-state index is 5.76. The molecule has 0 unspecified atom stereocenters. The lowest BCUT2D eigenvalue weighted by atomic mass is 10.2. The highest BCUT2D eigenvalue weighted by atomic mass is 79.9. The van der Waals surface area contributed by atoms with Crippen LogP contribution in [0.2, 0.25) is 0 Å². The van der Waals surface area contributed by atoms with Crippen LogP contribution in [0.25, 0.3) is 0 Å². The predicted octanol–water partition coefficient (Wildman–Crippen LogP) is 2.94. The lowest BCUT2D eigenvalue weighted by molar-refractivity contribution is 0.249. The quantitative estimate of drug-likeness (QED) is 0.773. The van der Waals surface area contributed by atoms with E-state index in [0.29, 0.717) is 5.41 Å². The van der Waals surface area contributed by atoms with Gasteiger partial charge in [0.05, 0.1) is 12.3 Å². The SMILES string of the molecule is Cc1ncccc1OCC1(CBr)CC1. The van der Waals surface area contributed by atoms with E-state index in [0.717, 1.165) is 23.4 Å². The molecule has 0 spiro atoms. The number of hydrogen-bond donors (Lipinski definition) is 0. The zero-order chi connectivity index (χ0) is 10.0. The minimum atomic E-state index is 0.405. The topological polar surface area (TPSA) is 22.1 Å². The first-order chi connectivity index (χ1) is 6.76. The number of aryl methyl sites for hydroxylation is 1. The van der Waals surface area contributed by atoms with Gasteiger partial charge in [-0.3, -0.25) is 4.98 Å². The minimum Gasteiger partial charge on any atom is -0.491 e. The second kappa shape index (κ2) is 3.89. The van der Waals surface area contributed by atoms with Crippen molar-refractivity contribution in [3.8, 4) is 5.75 Å². The summed E-state index contributed by atoms with van der Waals surface area (Å²) in [6.07, 6.45) is 4.34. The second-order valence-corrected chi connectivity index (χ2v) is 4.57. The Kier molecular flexibility index (Phi) is 2.77. The van der Waals surface area contributed by atoms with Gasteiger partial charge in [-0.05, 0) is 31.9 Å². The van der Waals surface area contributed by atoms with Crippen LogP contribution in [0.1, 0.15) is 18.5 Å². The van der Waals surface area contributed by atoms with E-state index in [2.05, 4.69) is 20.9 Å². The number of alkyl halides is 1. The third-order valence-electron chi connectivity index (χ3n) is 2.73. The average Bonchev–Trinajstić information content (AvgIpc) is 2.98. The van der Waals surface area contributed by atoms with Crippen LogP contribution >= 0.6 is 15.9 Å². The fraction of sp³-hybridized carbons (Fsp3) is 0.545. The van der Waals surface area contributed by atoms with E-state index in [4.69, 9.17) is 4.74 Å². The summed E-state index contributed by atoms with van der Waals surface area (Å²) in [6.45, 7) is 2.79. The Morgan fingerprint density at radius 3 is 2.93 bits per heavy atom. The summed E-state index contributed by atoms with van der Waals surface area (Å²) in [4.78, 5) is 4.19. The zero-order valence-electron chi connectivity index (χ0n) is 8.29. The van der Waals surface area contributed by atoms with Crippen molar-refractivity contribution >= 4 is 15.9 Å². The van der Waals surface area contributed by atoms with Crippen LogP contribution in [0, 0.1) is 12.3 Å². The number of aromatic nitrogens is 1. The van der Waals surface area contributed by atoms with Crippen molar-refractivity contribution in [1.82, 2.24) is 4.98 Å². The second-order valence-electron chi connectivity index (χ2n) is 4.01. The van der Waals surface area contributed by atoms with Gasteiger partial charge in [0, 0.05) is 16.9 Å². The van der Waals surface area contributed by atoms with E-state index < -0.39 is 0 Å². The van der Waals surface area contributed by atoms with Crippen LogP contribution in [0.5, 0.6) is 5.75 Å². The van der Waals surface area contributed by atoms with E-state index in [-0.39, 0.29) is 0 Å². The van der Waals surface area contributed by atoms with Crippen LogP contribution in [0.3, 0.4) is 0 Å². The number of pyridine rings is 1. The van der Waals surface area contributed by atoms with Crippen molar-refractivity contribution in [2.45, 2.75) is 19.8 Å². The fourth-order valence-corrected chi connectivity index (χ4v) is 2.07. The van der Waals surface area contributed by atoms with Crippen LogP contribution in [-0.2, 0) is 0 Å². The largest absolute Gasteiger partial charge is 0.491 e. The smallest absolute Gasteiger partial charge is 0.140 e. The van der Waals surface area contributed by atoms with Crippen molar-refractivity contribution < 1.29 is 4.74 Å². The fourth-order valence-electron chi connectivity index (χ4n) is 1.35. The maximum Gasteiger partial charge on any atom is 0.140 e. The van der Waals surface area contributed by atoms with Gasteiger partial charge in [0.2, 0.25) is 0 Å². The van der Waals surface area contributed by atoms with E-state index in [1.807, 2.05) is 19.1 Å². The van der Waals surface area contributed by atoms with Gasteiger partial charge in [0.15, 0.2) is 0 Å². The molecule has 1 aliphatic rings. The highest BCUT2D eigenvalue weighted by Crippen LogP contribution is 2.47. The summed E-state index contributed by atoms with van der Waals surface area (Å²) in [7, 11) is 0. The van der Waals surface area contributed by atoms with E-state index in [1.54, 1.807) is 6.20 Å². The Labute approximate surface area is 92.8 Å². The van der Waals surface area contributed by atoms with E-state index >= 15 is 0 Å². The lowest BCUT2D eigenvalue weighted by Crippen LogP contribution is -2.14. The minimum absolute atomic E-state index is 0.405. The molecule has 14 heavy (non-hydrogen) atoms. The summed E-state index contributed by atoms with van der Waals surface area (Å²) in [5, 5.41) is 1.04. The first kappa shape index (κ1) is 9.97. The van der Waals surface area contributed by atoms with Gasteiger partial charge < -0.3 is 4.74 Å². The number of hydrogen-bond acceptors (Lipinski definition) is 2. The van der Waals surface area contributed by atoms with Crippen molar-refractivity contribution in [3.05, 3.63) is 24.0 Å². The van der Waals surface area contributed by atoms with Gasteiger partial charge in [-0.1, -0.05) is 15.9 Å². The lowest BCUT2D eigenvalue weighted by Gasteiger charge is -2.13. The van der Waals surface area contributed by atoms with E-state index in [9.17, 15) is 0 Å². The van der Waals surface area contributed by atoms with Gasteiger partial charge in [0.1, 0.15) is 5.75 Å². The van der Waals surface area contributed by atoms with Gasteiger partial charge in [-0.25, -0.2) is 0 Å². The summed E-state index contributed by atoms with van der Waals surface area (Å²) in [5.74, 6) is 0.916. The molecule has 0 aromatic carbocycles. The molecule has 1 aromatic heterocycles. The number of halogens is 1. The van der Waals surface area contributed by atoms with Crippen LogP contribution in [0.15, 0.2) is 18.3 Å².